The second-order valence-electron chi connectivity index (χ2n) is 8.65. The lowest BCUT2D eigenvalue weighted by Crippen LogP contribution is -2.42. The van der Waals surface area contributed by atoms with E-state index < -0.39 is 11.4 Å². The molecule has 160 valence electrons. The summed E-state index contributed by atoms with van der Waals surface area (Å²) in [5.41, 5.74) is 5.07. The molecule has 0 aliphatic rings. The highest BCUT2D eigenvalue weighted by molar-refractivity contribution is 7.90. The Morgan fingerprint density at radius 3 is 2.45 bits per heavy atom. The summed E-state index contributed by atoms with van der Waals surface area (Å²) in [5, 5.41) is 5.94. The highest BCUT2D eigenvalue weighted by Gasteiger charge is 2.31. The molecule has 0 aliphatic carbocycles. The van der Waals surface area contributed by atoms with E-state index in [0.29, 0.717) is 6.42 Å². The molecule has 1 N–H and O–H groups in total. The van der Waals surface area contributed by atoms with E-state index in [1.54, 1.807) is 6.20 Å². The molecule has 4 rings (SSSR count). The monoisotopic (exact) mass is 432 g/mol. The minimum atomic E-state index is -1.23. The average Bonchev–Trinajstić information content (AvgIpc) is 3.10. The standard InChI is InChI=1S/C25H28N4OS/c1-25(2,3)31(30)28-22(17-18-11-9-10-16-26-18)19-12-5-6-13-20(19)24-21-14-7-8-15-23(21)29(4)27-24/h5-16,22,28H,17H2,1-4H3/t22-,31?/m0/s1. The van der Waals surface area contributed by atoms with Gasteiger partial charge in [-0.15, -0.1) is 4.72 Å². The minimum Gasteiger partial charge on any atom is -0.598 e. The van der Waals surface area contributed by atoms with Gasteiger partial charge in [0.2, 0.25) is 0 Å². The Labute approximate surface area is 186 Å². The summed E-state index contributed by atoms with van der Waals surface area (Å²) in [6.45, 7) is 5.93. The maximum atomic E-state index is 13.1. The Balaban J connectivity index is 1.82. The second kappa shape index (κ2) is 8.83. The van der Waals surface area contributed by atoms with Gasteiger partial charge in [0.05, 0.1) is 11.6 Å². The van der Waals surface area contributed by atoms with Gasteiger partial charge in [0, 0.05) is 47.7 Å². The van der Waals surface area contributed by atoms with E-state index in [1.807, 2.05) is 75.0 Å². The SMILES string of the molecule is Cn1nc(-c2ccccc2[C@H](Cc2ccccn2)N[S+]([O-])C(C)(C)C)c2ccccc21. The second-order valence-corrected chi connectivity index (χ2v) is 10.7. The predicted molar refractivity (Wildman–Crippen MR) is 128 cm³/mol. The van der Waals surface area contributed by atoms with Crippen LogP contribution in [0.3, 0.4) is 0 Å². The summed E-state index contributed by atoms with van der Waals surface area (Å²) in [7, 11) is 1.97. The van der Waals surface area contributed by atoms with Gasteiger partial charge in [-0.2, -0.15) is 5.10 Å². The smallest absolute Gasteiger partial charge is 0.136 e. The van der Waals surface area contributed by atoms with Gasteiger partial charge >= 0.3 is 0 Å². The topological polar surface area (TPSA) is 65.8 Å². The van der Waals surface area contributed by atoms with Gasteiger partial charge < -0.3 is 4.55 Å². The van der Waals surface area contributed by atoms with Crippen molar-refractivity contribution < 1.29 is 4.55 Å². The molecule has 0 amide bonds. The minimum absolute atomic E-state index is 0.174. The summed E-state index contributed by atoms with van der Waals surface area (Å²) >= 11 is -1.23. The number of nitrogens with one attached hydrogen (secondary N) is 1. The Bertz CT molecular complexity index is 1170. The molecule has 2 aromatic carbocycles. The molecule has 2 atom stereocenters. The third-order valence-electron chi connectivity index (χ3n) is 5.29. The van der Waals surface area contributed by atoms with Crippen LogP contribution >= 0.6 is 0 Å². The Morgan fingerprint density at radius 2 is 1.71 bits per heavy atom. The lowest BCUT2D eigenvalue weighted by Gasteiger charge is -2.29. The van der Waals surface area contributed by atoms with Crippen LogP contribution in [-0.2, 0) is 24.8 Å². The van der Waals surface area contributed by atoms with Crippen LogP contribution in [0.2, 0.25) is 0 Å². The molecule has 31 heavy (non-hydrogen) atoms. The van der Waals surface area contributed by atoms with Gasteiger partial charge in [-0.25, -0.2) is 0 Å². The van der Waals surface area contributed by atoms with Crippen LogP contribution in [0.1, 0.15) is 38.1 Å². The summed E-state index contributed by atoms with van der Waals surface area (Å²) in [6.07, 6.45) is 2.43. The normalized spacial score (nSPS) is 14.0. The molecule has 0 saturated heterocycles. The Kier molecular flexibility index (Phi) is 6.14. The zero-order valence-corrected chi connectivity index (χ0v) is 19.2. The molecule has 0 saturated carbocycles. The van der Waals surface area contributed by atoms with Gasteiger partial charge in [-0.3, -0.25) is 9.67 Å². The van der Waals surface area contributed by atoms with Crippen LogP contribution in [-0.4, -0.2) is 24.1 Å². The first kappa shape index (κ1) is 21.6. The van der Waals surface area contributed by atoms with Gasteiger partial charge in [0.25, 0.3) is 0 Å². The van der Waals surface area contributed by atoms with E-state index in [9.17, 15) is 4.55 Å². The number of fused-ring (bicyclic) bond motifs is 1. The molecule has 0 fully saturated rings. The molecule has 0 radical (unpaired) electrons. The van der Waals surface area contributed by atoms with E-state index in [0.717, 1.165) is 33.4 Å². The Morgan fingerprint density at radius 1 is 1.00 bits per heavy atom. The van der Waals surface area contributed by atoms with Crippen molar-refractivity contribution in [3.05, 3.63) is 84.2 Å². The number of rotatable bonds is 6. The molecular formula is C25H28N4OS. The van der Waals surface area contributed by atoms with Gasteiger partial charge in [-0.05, 0) is 44.5 Å². The number of aryl methyl sites for hydroxylation is 1. The van der Waals surface area contributed by atoms with Crippen LogP contribution in [0, 0.1) is 0 Å². The molecule has 0 spiro atoms. The molecule has 1 unspecified atom stereocenters. The van der Waals surface area contributed by atoms with Crippen LogP contribution in [0.25, 0.3) is 22.2 Å². The van der Waals surface area contributed by atoms with Crippen molar-refractivity contribution in [2.75, 3.05) is 0 Å². The average molecular weight is 433 g/mol. The zero-order chi connectivity index (χ0) is 22.0. The third kappa shape index (κ3) is 4.66. The largest absolute Gasteiger partial charge is 0.598 e. The first-order valence-corrected chi connectivity index (χ1v) is 11.6. The molecule has 5 nitrogen and oxygen atoms in total. The van der Waals surface area contributed by atoms with Gasteiger partial charge in [0.1, 0.15) is 10.4 Å². The van der Waals surface area contributed by atoms with Crippen molar-refractivity contribution in [1.29, 1.82) is 0 Å². The highest BCUT2D eigenvalue weighted by Crippen LogP contribution is 2.34. The van der Waals surface area contributed by atoms with E-state index in [2.05, 4.69) is 34.0 Å². The maximum absolute atomic E-state index is 13.1. The number of nitrogens with zero attached hydrogens (tertiary/aromatic N) is 3. The van der Waals surface area contributed by atoms with Gasteiger partial charge in [-0.1, -0.05) is 48.5 Å². The first-order chi connectivity index (χ1) is 14.8. The van der Waals surface area contributed by atoms with Crippen LogP contribution < -0.4 is 4.72 Å². The van der Waals surface area contributed by atoms with Crippen LogP contribution in [0.5, 0.6) is 0 Å². The van der Waals surface area contributed by atoms with Crippen LogP contribution in [0.4, 0.5) is 0 Å². The summed E-state index contributed by atoms with van der Waals surface area (Å²) in [5.74, 6) is 0. The number of aromatic nitrogens is 3. The number of benzene rings is 2. The van der Waals surface area contributed by atoms with E-state index in [1.165, 1.54) is 0 Å². The number of para-hydroxylation sites is 1. The van der Waals surface area contributed by atoms with Crippen molar-refractivity contribution in [2.24, 2.45) is 7.05 Å². The predicted octanol–water partition coefficient (Wildman–Crippen LogP) is 4.97. The molecule has 2 heterocycles. The Hall–Kier alpha value is -2.67. The van der Waals surface area contributed by atoms with Crippen molar-refractivity contribution >= 4 is 22.3 Å². The quantitative estimate of drug-likeness (QED) is 0.437. The molecule has 0 bridgehead atoms. The van der Waals surface area contributed by atoms with Crippen molar-refractivity contribution in [1.82, 2.24) is 19.5 Å². The van der Waals surface area contributed by atoms with E-state index in [-0.39, 0.29) is 10.8 Å². The molecule has 0 aliphatic heterocycles. The fraction of sp³-hybridized carbons (Fsp3) is 0.280. The van der Waals surface area contributed by atoms with Crippen LogP contribution in [0.15, 0.2) is 72.9 Å². The van der Waals surface area contributed by atoms with Crippen molar-refractivity contribution in [2.45, 2.75) is 38.0 Å². The summed E-state index contributed by atoms with van der Waals surface area (Å²) in [4.78, 5) is 4.51. The lowest BCUT2D eigenvalue weighted by atomic mass is 9.94. The molecule has 2 aromatic heterocycles. The summed E-state index contributed by atoms with van der Waals surface area (Å²) in [6, 6.07) is 22.2. The highest BCUT2D eigenvalue weighted by atomic mass is 32.2. The number of hydrogen-bond donors (Lipinski definition) is 1. The fourth-order valence-corrected chi connectivity index (χ4v) is 4.50. The number of hydrogen-bond acceptors (Lipinski definition) is 4. The molecule has 6 heteroatoms. The van der Waals surface area contributed by atoms with E-state index >= 15 is 0 Å². The summed E-state index contributed by atoms with van der Waals surface area (Å²) < 4.78 is 18.0. The van der Waals surface area contributed by atoms with E-state index in [4.69, 9.17) is 5.10 Å². The fourth-order valence-electron chi connectivity index (χ4n) is 3.68. The maximum Gasteiger partial charge on any atom is 0.136 e. The third-order valence-corrected chi connectivity index (χ3v) is 6.90. The first-order valence-electron chi connectivity index (χ1n) is 10.4. The zero-order valence-electron chi connectivity index (χ0n) is 18.4. The van der Waals surface area contributed by atoms with Crippen molar-refractivity contribution in [3.63, 3.8) is 0 Å². The van der Waals surface area contributed by atoms with Gasteiger partial charge in [0.15, 0.2) is 0 Å². The van der Waals surface area contributed by atoms with Crippen molar-refractivity contribution in [3.8, 4) is 11.3 Å². The molecule has 4 aromatic rings. The molecular weight excluding hydrogens is 404 g/mol. The lowest BCUT2D eigenvalue weighted by molar-refractivity contribution is 0.521. The number of pyridine rings is 1.